The van der Waals surface area contributed by atoms with E-state index in [0.29, 0.717) is 11.3 Å². The minimum absolute atomic E-state index is 0.351. The maximum atomic E-state index is 11.4. The Balaban J connectivity index is 2.19. The Hall–Kier alpha value is -2.49. The monoisotopic (exact) mass is 242 g/mol. The molecule has 0 saturated heterocycles. The van der Waals surface area contributed by atoms with Gasteiger partial charge in [0, 0.05) is 17.1 Å². The molecular formula is C14H14N2O2. The molecule has 0 aliphatic rings. The zero-order chi connectivity index (χ0) is 13.0. The Morgan fingerprint density at radius 2 is 1.83 bits per heavy atom. The molecule has 0 aliphatic heterocycles. The molecular weight excluding hydrogens is 228 g/mol. The Labute approximate surface area is 105 Å². The highest BCUT2D eigenvalue weighted by atomic mass is 16.5. The lowest BCUT2D eigenvalue weighted by atomic mass is 10.2. The highest BCUT2D eigenvalue weighted by Gasteiger charge is 2.05. The Morgan fingerprint density at radius 3 is 2.50 bits per heavy atom. The SMILES string of the molecule is COC(=O)c1cccc(Nc2ccc(N)cc2)c1. The van der Waals surface area contributed by atoms with Gasteiger partial charge in [0.25, 0.3) is 0 Å². The van der Waals surface area contributed by atoms with Crippen molar-refractivity contribution in [2.45, 2.75) is 0 Å². The molecule has 0 aromatic heterocycles. The van der Waals surface area contributed by atoms with Crippen LogP contribution in [0.1, 0.15) is 10.4 Å². The van der Waals surface area contributed by atoms with Crippen molar-refractivity contribution in [2.75, 3.05) is 18.2 Å². The highest BCUT2D eigenvalue weighted by molar-refractivity contribution is 5.90. The maximum absolute atomic E-state index is 11.4. The lowest BCUT2D eigenvalue weighted by molar-refractivity contribution is 0.0601. The number of hydrogen-bond acceptors (Lipinski definition) is 4. The van der Waals surface area contributed by atoms with Gasteiger partial charge < -0.3 is 15.8 Å². The summed E-state index contributed by atoms with van der Waals surface area (Å²) in [6.45, 7) is 0. The zero-order valence-electron chi connectivity index (χ0n) is 10.0. The molecule has 0 saturated carbocycles. The number of ether oxygens (including phenoxy) is 1. The van der Waals surface area contributed by atoms with Crippen LogP contribution in [-0.2, 0) is 4.74 Å². The Bertz CT molecular complexity index is 550. The minimum Gasteiger partial charge on any atom is -0.465 e. The highest BCUT2D eigenvalue weighted by Crippen LogP contribution is 2.19. The van der Waals surface area contributed by atoms with E-state index in [2.05, 4.69) is 10.1 Å². The van der Waals surface area contributed by atoms with Gasteiger partial charge in [-0.1, -0.05) is 6.07 Å². The van der Waals surface area contributed by atoms with Crippen LogP contribution in [0.25, 0.3) is 0 Å². The van der Waals surface area contributed by atoms with E-state index in [9.17, 15) is 4.79 Å². The van der Waals surface area contributed by atoms with Gasteiger partial charge in [0.15, 0.2) is 0 Å². The molecule has 2 rings (SSSR count). The third kappa shape index (κ3) is 2.79. The fourth-order valence-electron chi connectivity index (χ4n) is 1.57. The van der Waals surface area contributed by atoms with Gasteiger partial charge in [-0.3, -0.25) is 0 Å². The second-order valence-corrected chi connectivity index (χ2v) is 3.82. The number of esters is 1. The normalized spacial score (nSPS) is 9.83. The number of anilines is 3. The Kier molecular flexibility index (Phi) is 3.48. The Morgan fingerprint density at radius 1 is 1.11 bits per heavy atom. The molecule has 0 aliphatic carbocycles. The molecule has 0 spiro atoms. The van der Waals surface area contributed by atoms with Gasteiger partial charge in [-0.05, 0) is 42.5 Å². The molecule has 2 aromatic rings. The van der Waals surface area contributed by atoms with Crippen molar-refractivity contribution < 1.29 is 9.53 Å². The summed E-state index contributed by atoms with van der Waals surface area (Å²) in [5.74, 6) is -0.351. The second kappa shape index (κ2) is 5.23. The summed E-state index contributed by atoms with van der Waals surface area (Å²) in [5.41, 5.74) is 8.57. The number of nitrogens with two attached hydrogens (primary N) is 1. The molecule has 0 amide bonds. The van der Waals surface area contributed by atoms with Gasteiger partial charge in [0.05, 0.1) is 12.7 Å². The summed E-state index contributed by atoms with van der Waals surface area (Å²) in [4.78, 5) is 11.4. The van der Waals surface area contributed by atoms with Crippen molar-refractivity contribution in [3.63, 3.8) is 0 Å². The number of hydrogen-bond donors (Lipinski definition) is 2. The molecule has 18 heavy (non-hydrogen) atoms. The largest absolute Gasteiger partial charge is 0.465 e. The number of nitrogen functional groups attached to an aromatic ring is 1. The second-order valence-electron chi connectivity index (χ2n) is 3.82. The van der Waals surface area contributed by atoms with Crippen LogP contribution in [0.2, 0.25) is 0 Å². The van der Waals surface area contributed by atoms with E-state index in [4.69, 9.17) is 5.73 Å². The van der Waals surface area contributed by atoms with Crippen LogP contribution < -0.4 is 11.1 Å². The maximum Gasteiger partial charge on any atom is 0.337 e. The summed E-state index contributed by atoms with van der Waals surface area (Å²) in [7, 11) is 1.36. The van der Waals surface area contributed by atoms with Gasteiger partial charge in [-0.25, -0.2) is 4.79 Å². The van der Waals surface area contributed by atoms with Crippen LogP contribution in [0.4, 0.5) is 17.1 Å². The van der Waals surface area contributed by atoms with Crippen LogP contribution in [0.15, 0.2) is 48.5 Å². The van der Waals surface area contributed by atoms with Crippen LogP contribution >= 0.6 is 0 Å². The van der Waals surface area contributed by atoms with E-state index >= 15 is 0 Å². The zero-order valence-corrected chi connectivity index (χ0v) is 10.0. The van der Waals surface area contributed by atoms with E-state index in [-0.39, 0.29) is 5.97 Å². The lowest BCUT2D eigenvalue weighted by Gasteiger charge is -2.08. The predicted molar refractivity (Wildman–Crippen MR) is 71.9 cm³/mol. The molecule has 92 valence electrons. The van der Waals surface area contributed by atoms with E-state index < -0.39 is 0 Å². The third-order valence-corrected chi connectivity index (χ3v) is 2.48. The van der Waals surface area contributed by atoms with Gasteiger partial charge >= 0.3 is 5.97 Å². The molecule has 2 aromatic carbocycles. The van der Waals surface area contributed by atoms with Crippen LogP contribution in [0.5, 0.6) is 0 Å². The van der Waals surface area contributed by atoms with Gasteiger partial charge in [-0.15, -0.1) is 0 Å². The average molecular weight is 242 g/mol. The van der Waals surface area contributed by atoms with Crippen LogP contribution in [-0.4, -0.2) is 13.1 Å². The van der Waals surface area contributed by atoms with E-state index in [1.165, 1.54) is 7.11 Å². The molecule has 0 atom stereocenters. The van der Waals surface area contributed by atoms with E-state index in [0.717, 1.165) is 11.4 Å². The molecule has 3 N–H and O–H groups in total. The van der Waals surface area contributed by atoms with Gasteiger partial charge in [0.2, 0.25) is 0 Å². The molecule has 0 bridgehead atoms. The van der Waals surface area contributed by atoms with Crippen LogP contribution in [0.3, 0.4) is 0 Å². The smallest absolute Gasteiger partial charge is 0.337 e. The number of carbonyl (C=O) groups excluding carboxylic acids is 1. The molecule has 0 radical (unpaired) electrons. The van der Waals surface area contributed by atoms with Crippen molar-refractivity contribution in [1.82, 2.24) is 0 Å². The fourth-order valence-corrected chi connectivity index (χ4v) is 1.57. The number of rotatable bonds is 3. The molecule has 0 heterocycles. The summed E-state index contributed by atoms with van der Waals surface area (Å²) < 4.78 is 4.67. The minimum atomic E-state index is -0.351. The van der Waals surface area contributed by atoms with E-state index in [1.54, 1.807) is 18.2 Å². The number of carbonyl (C=O) groups is 1. The standard InChI is InChI=1S/C14H14N2O2/c1-18-14(17)10-3-2-4-13(9-10)16-12-7-5-11(15)6-8-12/h2-9,16H,15H2,1H3. The van der Waals surface area contributed by atoms with Crippen molar-refractivity contribution in [1.29, 1.82) is 0 Å². The van der Waals surface area contributed by atoms with Crippen molar-refractivity contribution >= 4 is 23.0 Å². The number of benzene rings is 2. The molecule has 0 fully saturated rings. The first kappa shape index (κ1) is 12.0. The molecule has 4 heteroatoms. The van der Waals surface area contributed by atoms with Gasteiger partial charge in [0.1, 0.15) is 0 Å². The first-order chi connectivity index (χ1) is 8.69. The number of methoxy groups -OCH3 is 1. The topological polar surface area (TPSA) is 64.3 Å². The van der Waals surface area contributed by atoms with Gasteiger partial charge in [-0.2, -0.15) is 0 Å². The van der Waals surface area contributed by atoms with Crippen molar-refractivity contribution in [3.8, 4) is 0 Å². The van der Waals surface area contributed by atoms with Crippen molar-refractivity contribution in [3.05, 3.63) is 54.1 Å². The van der Waals surface area contributed by atoms with Crippen molar-refractivity contribution in [2.24, 2.45) is 0 Å². The summed E-state index contributed by atoms with van der Waals surface area (Å²) >= 11 is 0. The van der Waals surface area contributed by atoms with E-state index in [1.807, 2.05) is 30.3 Å². The fraction of sp³-hybridized carbons (Fsp3) is 0.0714. The summed E-state index contributed by atoms with van der Waals surface area (Å²) in [6, 6.07) is 14.5. The number of nitrogens with one attached hydrogen (secondary N) is 1. The molecule has 0 unspecified atom stereocenters. The first-order valence-corrected chi connectivity index (χ1v) is 5.50. The summed E-state index contributed by atoms with van der Waals surface area (Å²) in [5, 5.41) is 3.19. The molecule has 4 nitrogen and oxygen atoms in total. The average Bonchev–Trinajstić information content (AvgIpc) is 2.41. The quantitative estimate of drug-likeness (QED) is 0.641. The summed E-state index contributed by atoms with van der Waals surface area (Å²) in [6.07, 6.45) is 0. The third-order valence-electron chi connectivity index (χ3n) is 2.48. The first-order valence-electron chi connectivity index (χ1n) is 5.50. The lowest BCUT2D eigenvalue weighted by Crippen LogP contribution is -2.01. The van der Waals surface area contributed by atoms with Crippen LogP contribution in [0, 0.1) is 0 Å². The predicted octanol–water partition coefficient (Wildman–Crippen LogP) is 2.80.